The van der Waals surface area contributed by atoms with Crippen LogP contribution in [0.15, 0.2) is 28.8 Å². The van der Waals surface area contributed by atoms with E-state index in [9.17, 15) is 0 Å². The van der Waals surface area contributed by atoms with Crippen LogP contribution in [0.5, 0.6) is 0 Å². The lowest BCUT2D eigenvalue weighted by Gasteiger charge is -2.01. The fourth-order valence-corrected chi connectivity index (χ4v) is 1.64. The summed E-state index contributed by atoms with van der Waals surface area (Å²) in [5, 5.41) is 3.96. The van der Waals surface area contributed by atoms with E-state index in [1.165, 1.54) is 11.1 Å². The van der Waals surface area contributed by atoms with Gasteiger partial charge < -0.3 is 10.3 Å². The van der Waals surface area contributed by atoms with E-state index in [1.807, 2.05) is 19.1 Å². The highest BCUT2D eigenvalue weighted by molar-refractivity contribution is 5.27. The molecule has 0 aliphatic heterocycles. The van der Waals surface area contributed by atoms with Crippen LogP contribution in [0.25, 0.3) is 0 Å². The third kappa shape index (κ3) is 2.71. The molecule has 0 unspecified atom stereocenters. The first-order chi connectivity index (χ1) is 8.20. The van der Waals surface area contributed by atoms with Gasteiger partial charge in [0.25, 0.3) is 0 Å². The molecule has 0 bridgehead atoms. The Bertz CT molecular complexity index is 493. The Labute approximate surface area is 101 Å². The fraction of sp³-hybridized carbons (Fsp3) is 0.385. The van der Waals surface area contributed by atoms with Gasteiger partial charge in [0.1, 0.15) is 0 Å². The van der Waals surface area contributed by atoms with Gasteiger partial charge >= 0.3 is 0 Å². The average molecular weight is 231 g/mol. The van der Waals surface area contributed by atoms with Crippen LogP contribution in [-0.2, 0) is 6.42 Å². The third-order valence-electron chi connectivity index (χ3n) is 2.85. The molecule has 17 heavy (non-hydrogen) atoms. The lowest BCUT2D eigenvalue weighted by atomic mass is 10.1. The number of aryl methyl sites for hydroxylation is 1. The molecule has 4 nitrogen and oxygen atoms in total. The summed E-state index contributed by atoms with van der Waals surface area (Å²) in [6.07, 6.45) is 1.48. The normalized spacial score (nSPS) is 12.6. The molecule has 2 N–H and O–H groups in total. The lowest BCUT2D eigenvalue weighted by molar-refractivity contribution is 0.348. The standard InChI is InChI=1S/C13H17N3O/c1-3-11(14)13-15-12(16-17-13)8-10-7-5-4-6-9(10)2/h4-7,11H,3,8,14H2,1-2H3/t11-/m1/s1. The topological polar surface area (TPSA) is 64.9 Å². The van der Waals surface area contributed by atoms with Crippen LogP contribution in [0, 0.1) is 6.92 Å². The molecule has 0 aliphatic rings. The molecule has 0 saturated carbocycles. The van der Waals surface area contributed by atoms with Crippen LogP contribution < -0.4 is 5.73 Å². The van der Waals surface area contributed by atoms with Crippen LogP contribution in [-0.4, -0.2) is 10.1 Å². The van der Waals surface area contributed by atoms with E-state index in [2.05, 4.69) is 29.2 Å². The van der Waals surface area contributed by atoms with Gasteiger partial charge in [-0.1, -0.05) is 36.3 Å². The molecule has 0 radical (unpaired) electrons. The third-order valence-corrected chi connectivity index (χ3v) is 2.85. The SMILES string of the molecule is CC[C@@H](N)c1nc(Cc2ccccc2C)no1. The van der Waals surface area contributed by atoms with Gasteiger partial charge in [-0.15, -0.1) is 0 Å². The first-order valence-electron chi connectivity index (χ1n) is 5.83. The number of hydrogen-bond acceptors (Lipinski definition) is 4. The zero-order chi connectivity index (χ0) is 12.3. The maximum absolute atomic E-state index is 5.83. The van der Waals surface area contributed by atoms with E-state index < -0.39 is 0 Å². The van der Waals surface area contributed by atoms with Crippen LogP contribution in [0.1, 0.15) is 42.2 Å². The summed E-state index contributed by atoms with van der Waals surface area (Å²) in [4.78, 5) is 4.31. The van der Waals surface area contributed by atoms with Gasteiger partial charge in [0.05, 0.1) is 6.04 Å². The first kappa shape index (κ1) is 11.8. The maximum atomic E-state index is 5.83. The number of nitrogens with two attached hydrogens (primary N) is 1. The smallest absolute Gasteiger partial charge is 0.243 e. The molecule has 0 saturated heterocycles. The van der Waals surface area contributed by atoms with Gasteiger partial charge in [0, 0.05) is 6.42 Å². The summed E-state index contributed by atoms with van der Waals surface area (Å²) < 4.78 is 5.14. The molecule has 1 atom stereocenters. The molecular weight excluding hydrogens is 214 g/mol. The first-order valence-corrected chi connectivity index (χ1v) is 5.83. The second-order valence-electron chi connectivity index (χ2n) is 4.17. The summed E-state index contributed by atoms with van der Waals surface area (Å²) in [7, 11) is 0. The number of benzene rings is 1. The lowest BCUT2D eigenvalue weighted by Crippen LogP contribution is -2.09. The molecular formula is C13H17N3O. The highest BCUT2D eigenvalue weighted by atomic mass is 16.5. The molecule has 0 spiro atoms. The van der Waals surface area contributed by atoms with Crippen molar-refractivity contribution in [3.63, 3.8) is 0 Å². The van der Waals surface area contributed by atoms with E-state index >= 15 is 0 Å². The van der Waals surface area contributed by atoms with Gasteiger partial charge in [0.2, 0.25) is 5.89 Å². The van der Waals surface area contributed by atoms with Crippen molar-refractivity contribution in [2.45, 2.75) is 32.7 Å². The fourth-order valence-electron chi connectivity index (χ4n) is 1.64. The molecule has 1 heterocycles. The summed E-state index contributed by atoms with van der Waals surface area (Å²) >= 11 is 0. The van der Waals surface area contributed by atoms with Crippen molar-refractivity contribution in [2.75, 3.05) is 0 Å². The number of rotatable bonds is 4. The minimum atomic E-state index is -0.159. The molecule has 0 aliphatic carbocycles. The molecule has 2 aromatic rings. The largest absolute Gasteiger partial charge is 0.338 e. The van der Waals surface area contributed by atoms with Gasteiger partial charge in [0.15, 0.2) is 5.82 Å². The second-order valence-corrected chi connectivity index (χ2v) is 4.17. The van der Waals surface area contributed by atoms with E-state index in [-0.39, 0.29) is 6.04 Å². The van der Waals surface area contributed by atoms with Crippen molar-refractivity contribution in [1.29, 1.82) is 0 Å². The van der Waals surface area contributed by atoms with Crippen molar-refractivity contribution >= 4 is 0 Å². The minimum Gasteiger partial charge on any atom is -0.338 e. The van der Waals surface area contributed by atoms with E-state index in [0.717, 1.165) is 6.42 Å². The van der Waals surface area contributed by atoms with Crippen LogP contribution >= 0.6 is 0 Å². The average Bonchev–Trinajstić information content (AvgIpc) is 2.80. The highest BCUT2D eigenvalue weighted by Gasteiger charge is 2.13. The van der Waals surface area contributed by atoms with E-state index in [0.29, 0.717) is 18.1 Å². The van der Waals surface area contributed by atoms with Crippen LogP contribution in [0.3, 0.4) is 0 Å². The molecule has 4 heteroatoms. The number of aromatic nitrogens is 2. The van der Waals surface area contributed by atoms with E-state index in [1.54, 1.807) is 0 Å². The molecule has 90 valence electrons. The Morgan fingerprint density at radius 2 is 2.12 bits per heavy atom. The van der Waals surface area contributed by atoms with E-state index in [4.69, 9.17) is 10.3 Å². The minimum absolute atomic E-state index is 0.159. The summed E-state index contributed by atoms with van der Waals surface area (Å²) in [5.41, 5.74) is 8.28. The predicted octanol–water partition coefficient (Wildman–Crippen LogP) is 2.38. The Balaban J connectivity index is 2.14. The predicted molar refractivity (Wildman–Crippen MR) is 65.5 cm³/mol. The molecule has 0 amide bonds. The van der Waals surface area contributed by atoms with Crippen molar-refractivity contribution in [3.05, 3.63) is 47.1 Å². The highest BCUT2D eigenvalue weighted by Crippen LogP contribution is 2.14. The zero-order valence-corrected chi connectivity index (χ0v) is 10.2. The van der Waals surface area contributed by atoms with Crippen LogP contribution in [0.4, 0.5) is 0 Å². The van der Waals surface area contributed by atoms with Crippen molar-refractivity contribution in [1.82, 2.24) is 10.1 Å². The Hall–Kier alpha value is -1.68. The zero-order valence-electron chi connectivity index (χ0n) is 10.2. The van der Waals surface area contributed by atoms with Gasteiger partial charge in [-0.2, -0.15) is 4.98 Å². The molecule has 1 aromatic carbocycles. The van der Waals surface area contributed by atoms with Crippen molar-refractivity contribution in [2.24, 2.45) is 5.73 Å². The molecule has 2 rings (SSSR count). The van der Waals surface area contributed by atoms with Gasteiger partial charge in [-0.25, -0.2) is 0 Å². The van der Waals surface area contributed by atoms with Crippen LogP contribution in [0.2, 0.25) is 0 Å². The van der Waals surface area contributed by atoms with Gasteiger partial charge in [-0.05, 0) is 24.5 Å². The van der Waals surface area contributed by atoms with Crippen molar-refractivity contribution in [3.8, 4) is 0 Å². The quantitative estimate of drug-likeness (QED) is 0.877. The maximum Gasteiger partial charge on any atom is 0.243 e. The number of hydrogen-bond donors (Lipinski definition) is 1. The Morgan fingerprint density at radius 3 is 2.82 bits per heavy atom. The summed E-state index contributed by atoms with van der Waals surface area (Å²) in [6, 6.07) is 8.03. The molecule has 0 fully saturated rings. The van der Waals surface area contributed by atoms with Crippen molar-refractivity contribution < 1.29 is 4.52 Å². The Kier molecular flexibility index (Phi) is 3.54. The van der Waals surface area contributed by atoms with Gasteiger partial charge in [-0.3, -0.25) is 0 Å². The monoisotopic (exact) mass is 231 g/mol. The second kappa shape index (κ2) is 5.10. The summed E-state index contributed by atoms with van der Waals surface area (Å²) in [6.45, 7) is 4.07. The Morgan fingerprint density at radius 1 is 1.35 bits per heavy atom. The number of nitrogens with zero attached hydrogens (tertiary/aromatic N) is 2. The summed E-state index contributed by atoms with van der Waals surface area (Å²) in [5.74, 6) is 1.22. The molecule has 1 aromatic heterocycles.